The zero-order valence-corrected chi connectivity index (χ0v) is 12.3. The Kier molecular flexibility index (Phi) is 6.27. The van der Waals surface area contributed by atoms with Gasteiger partial charge in [0.1, 0.15) is 4.90 Å². The molecule has 1 unspecified atom stereocenters. The molecular formula is C13H23N3O2S. The van der Waals surface area contributed by atoms with Gasteiger partial charge < -0.3 is 11.1 Å². The monoisotopic (exact) mass is 285 g/mol. The largest absolute Gasteiger partial charge is 0.380 e. The molecule has 0 aliphatic carbocycles. The Morgan fingerprint density at radius 3 is 2.53 bits per heavy atom. The van der Waals surface area contributed by atoms with Gasteiger partial charge in [-0.15, -0.1) is 0 Å². The van der Waals surface area contributed by atoms with Crippen LogP contribution in [-0.4, -0.2) is 27.5 Å². The highest BCUT2D eigenvalue weighted by atomic mass is 32.2. The maximum atomic E-state index is 12.1. The summed E-state index contributed by atoms with van der Waals surface area (Å²) in [5.41, 5.74) is 6.30. The molecular weight excluding hydrogens is 262 g/mol. The lowest BCUT2D eigenvalue weighted by Crippen LogP contribution is -2.30. The fourth-order valence-corrected chi connectivity index (χ4v) is 3.12. The van der Waals surface area contributed by atoms with Crippen LogP contribution in [-0.2, 0) is 10.0 Å². The summed E-state index contributed by atoms with van der Waals surface area (Å²) in [6, 6.07) is 6.98. The number of rotatable bonds is 8. The van der Waals surface area contributed by atoms with E-state index in [-0.39, 0.29) is 10.9 Å². The first kappa shape index (κ1) is 15.9. The van der Waals surface area contributed by atoms with Crippen LogP contribution in [0.25, 0.3) is 0 Å². The lowest BCUT2D eigenvalue weighted by Gasteiger charge is -2.19. The number of benzene rings is 1. The van der Waals surface area contributed by atoms with Crippen molar-refractivity contribution >= 4 is 15.7 Å². The Labute approximate surface area is 115 Å². The molecule has 0 aliphatic rings. The summed E-state index contributed by atoms with van der Waals surface area (Å²) in [5.74, 6) is 0. The zero-order valence-electron chi connectivity index (χ0n) is 11.5. The number of sulfonamides is 1. The average molecular weight is 285 g/mol. The molecule has 0 aromatic heterocycles. The van der Waals surface area contributed by atoms with E-state index < -0.39 is 10.0 Å². The molecule has 0 aliphatic heterocycles. The molecule has 0 saturated heterocycles. The Bertz CT molecular complexity index is 488. The smallest absolute Gasteiger partial charge is 0.242 e. The van der Waals surface area contributed by atoms with Gasteiger partial charge in [0.15, 0.2) is 0 Å². The second kappa shape index (κ2) is 7.47. The maximum absolute atomic E-state index is 12.1. The lowest BCUT2D eigenvalue weighted by atomic mass is 10.1. The van der Waals surface area contributed by atoms with E-state index in [4.69, 9.17) is 5.73 Å². The van der Waals surface area contributed by atoms with Crippen molar-refractivity contribution in [3.8, 4) is 0 Å². The van der Waals surface area contributed by atoms with E-state index >= 15 is 0 Å². The van der Waals surface area contributed by atoms with Gasteiger partial charge >= 0.3 is 0 Å². The number of nitrogens with one attached hydrogen (secondary N) is 2. The van der Waals surface area contributed by atoms with Crippen molar-refractivity contribution in [2.75, 3.05) is 18.4 Å². The molecule has 1 aromatic rings. The minimum Gasteiger partial charge on any atom is -0.380 e. The summed E-state index contributed by atoms with van der Waals surface area (Å²) >= 11 is 0. The van der Waals surface area contributed by atoms with Gasteiger partial charge in [-0.1, -0.05) is 32.4 Å². The van der Waals surface area contributed by atoms with Crippen LogP contribution in [0.5, 0.6) is 0 Å². The number of hydrogen-bond acceptors (Lipinski definition) is 4. The summed E-state index contributed by atoms with van der Waals surface area (Å²) < 4.78 is 26.7. The van der Waals surface area contributed by atoms with Crippen LogP contribution in [0.4, 0.5) is 5.69 Å². The van der Waals surface area contributed by atoms with Gasteiger partial charge in [0.05, 0.1) is 5.69 Å². The second-order valence-electron chi connectivity index (χ2n) is 4.36. The van der Waals surface area contributed by atoms with Crippen LogP contribution in [0.3, 0.4) is 0 Å². The van der Waals surface area contributed by atoms with Crippen molar-refractivity contribution in [1.82, 2.24) is 4.72 Å². The third kappa shape index (κ3) is 4.49. The normalized spacial score (nSPS) is 13.2. The van der Waals surface area contributed by atoms with Crippen molar-refractivity contribution < 1.29 is 8.42 Å². The average Bonchev–Trinajstić information content (AvgIpc) is 2.38. The highest BCUT2D eigenvalue weighted by molar-refractivity contribution is 7.89. The third-order valence-electron chi connectivity index (χ3n) is 2.79. The molecule has 1 aromatic carbocycles. The molecule has 108 valence electrons. The topological polar surface area (TPSA) is 84.2 Å². The van der Waals surface area contributed by atoms with E-state index in [1.165, 1.54) is 0 Å². The van der Waals surface area contributed by atoms with Crippen molar-refractivity contribution in [2.45, 2.75) is 37.6 Å². The van der Waals surface area contributed by atoms with Crippen LogP contribution >= 0.6 is 0 Å². The third-order valence-corrected chi connectivity index (χ3v) is 4.40. The van der Waals surface area contributed by atoms with E-state index in [9.17, 15) is 8.42 Å². The molecule has 1 atom stereocenters. The molecule has 4 N–H and O–H groups in total. The summed E-state index contributed by atoms with van der Waals surface area (Å²) in [7, 11) is -3.46. The number of hydrogen-bond donors (Lipinski definition) is 3. The van der Waals surface area contributed by atoms with Crippen LogP contribution in [0.15, 0.2) is 29.2 Å². The van der Waals surface area contributed by atoms with Crippen molar-refractivity contribution in [1.29, 1.82) is 0 Å². The van der Waals surface area contributed by atoms with Gasteiger partial charge in [-0.25, -0.2) is 13.1 Å². The Morgan fingerprint density at radius 1 is 1.26 bits per heavy atom. The highest BCUT2D eigenvalue weighted by Gasteiger charge is 2.18. The molecule has 0 amide bonds. The Hall–Kier alpha value is -1.11. The minimum absolute atomic E-state index is 0.0861. The van der Waals surface area contributed by atoms with E-state index in [0.717, 1.165) is 12.8 Å². The first-order valence-electron chi connectivity index (χ1n) is 6.60. The first-order chi connectivity index (χ1) is 9.05. The minimum atomic E-state index is -3.46. The number of anilines is 1. The lowest BCUT2D eigenvalue weighted by molar-refractivity contribution is 0.583. The summed E-state index contributed by atoms with van der Waals surface area (Å²) in [5, 5.41) is 3.22. The zero-order chi connectivity index (χ0) is 14.3. The number of nitrogens with two attached hydrogens (primary N) is 1. The summed E-state index contributed by atoms with van der Waals surface area (Å²) in [4.78, 5) is 0.270. The molecule has 0 spiro atoms. The van der Waals surface area contributed by atoms with Crippen LogP contribution in [0.2, 0.25) is 0 Å². The van der Waals surface area contributed by atoms with E-state index in [2.05, 4.69) is 17.0 Å². The van der Waals surface area contributed by atoms with Crippen LogP contribution < -0.4 is 15.8 Å². The van der Waals surface area contributed by atoms with Gasteiger partial charge in [-0.05, 0) is 18.6 Å². The first-order valence-corrected chi connectivity index (χ1v) is 8.08. The fraction of sp³-hybridized carbons (Fsp3) is 0.538. The van der Waals surface area contributed by atoms with Crippen molar-refractivity contribution in [3.05, 3.63) is 24.3 Å². The molecule has 1 rings (SSSR count). The van der Waals surface area contributed by atoms with Gasteiger partial charge in [0.2, 0.25) is 10.0 Å². The Balaban J connectivity index is 3.02. The molecule has 0 saturated carbocycles. The SMILES string of the molecule is CCCC(CN)Nc1ccccc1S(=O)(=O)NCC. The molecule has 5 nitrogen and oxygen atoms in total. The second-order valence-corrected chi connectivity index (χ2v) is 6.10. The van der Waals surface area contributed by atoms with Crippen molar-refractivity contribution in [3.63, 3.8) is 0 Å². The quantitative estimate of drug-likeness (QED) is 0.676. The summed E-state index contributed by atoms with van der Waals surface area (Å²) in [6.07, 6.45) is 1.91. The summed E-state index contributed by atoms with van der Waals surface area (Å²) in [6.45, 7) is 4.67. The molecule has 0 bridgehead atoms. The fourth-order valence-electron chi connectivity index (χ4n) is 1.91. The van der Waals surface area contributed by atoms with Gasteiger partial charge in [-0.2, -0.15) is 0 Å². The predicted molar refractivity (Wildman–Crippen MR) is 78.7 cm³/mol. The Morgan fingerprint density at radius 2 is 1.95 bits per heavy atom. The van der Waals surface area contributed by atoms with Gasteiger partial charge in [-0.3, -0.25) is 0 Å². The predicted octanol–water partition coefficient (Wildman–Crippen LogP) is 1.52. The molecule has 0 heterocycles. The maximum Gasteiger partial charge on any atom is 0.242 e. The molecule has 6 heteroatoms. The van der Waals surface area contributed by atoms with Crippen LogP contribution in [0.1, 0.15) is 26.7 Å². The van der Waals surface area contributed by atoms with E-state index in [1.54, 1.807) is 25.1 Å². The van der Waals surface area contributed by atoms with Crippen molar-refractivity contribution in [2.24, 2.45) is 5.73 Å². The van der Waals surface area contributed by atoms with Gasteiger partial charge in [0, 0.05) is 19.1 Å². The number of para-hydroxylation sites is 1. The van der Waals surface area contributed by atoms with E-state index in [0.29, 0.717) is 18.8 Å². The molecule has 0 radical (unpaired) electrons. The van der Waals surface area contributed by atoms with E-state index in [1.807, 2.05) is 6.07 Å². The highest BCUT2D eigenvalue weighted by Crippen LogP contribution is 2.21. The van der Waals surface area contributed by atoms with Gasteiger partial charge in [0.25, 0.3) is 0 Å². The standard InChI is InChI=1S/C13H23N3O2S/c1-3-7-11(10-14)16-12-8-5-6-9-13(12)19(17,18)15-4-2/h5-6,8-9,11,15-16H,3-4,7,10,14H2,1-2H3. The molecule has 19 heavy (non-hydrogen) atoms. The molecule has 0 fully saturated rings. The van der Waals surface area contributed by atoms with Crippen LogP contribution in [0, 0.1) is 0 Å².